The third-order valence-corrected chi connectivity index (χ3v) is 7.01. The van der Waals surface area contributed by atoms with Gasteiger partial charge in [0.15, 0.2) is 0 Å². The second kappa shape index (κ2) is 12.5. The highest BCUT2D eigenvalue weighted by molar-refractivity contribution is 9.10. The number of aromatic nitrogens is 1. The molecular weight excluding hydrogens is 579 g/mol. The van der Waals surface area contributed by atoms with Crippen LogP contribution in [0.3, 0.4) is 0 Å². The lowest BCUT2D eigenvalue weighted by Crippen LogP contribution is -2.51. The van der Waals surface area contributed by atoms with Gasteiger partial charge >= 0.3 is 0 Å². The van der Waals surface area contributed by atoms with Gasteiger partial charge in [-0.15, -0.1) is 24.8 Å². The molecule has 4 N–H and O–H groups in total. The van der Waals surface area contributed by atoms with Crippen molar-refractivity contribution in [2.75, 3.05) is 18.8 Å². The lowest BCUT2D eigenvalue weighted by molar-refractivity contribution is -0.140. The summed E-state index contributed by atoms with van der Waals surface area (Å²) in [7, 11) is 0. The smallest absolute Gasteiger partial charge is 0.267 e. The number of hydrogen-bond acceptors (Lipinski definition) is 5. The largest absolute Gasteiger partial charge is 0.384 e. The van der Waals surface area contributed by atoms with Crippen LogP contribution in [0.2, 0.25) is 0 Å². The maximum absolute atomic E-state index is 14.3. The SMILES string of the molecule is Cc1nc(N)ccc1CNC(=O)C1CC(F)(F)CN1C(=O)[C@@H]1C[C@@H](Cc2ccc(Br)cc2)CN1.Cl.Cl. The molecule has 12 heteroatoms. The van der Waals surface area contributed by atoms with Gasteiger partial charge in [-0.05, 0) is 61.6 Å². The number of nitrogen functional groups attached to an aromatic ring is 1. The summed E-state index contributed by atoms with van der Waals surface area (Å²) in [6.45, 7) is 1.76. The minimum absolute atomic E-state index is 0. The van der Waals surface area contributed by atoms with Gasteiger partial charge in [-0.25, -0.2) is 13.8 Å². The average Bonchev–Trinajstić information content (AvgIpc) is 3.38. The Balaban J connectivity index is 0.00000228. The summed E-state index contributed by atoms with van der Waals surface area (Å²) in [6, 6.07) is 9.56. The Morgan fingerprint density at radius 3 is 2.58 bits per heavy atom. The van der Waals surface area contributed by atoms with E-state index in [9.17, 15) is 18.4 Å². The Labute approximate surface area is 229 Å². The van der Waals surface area contributed by atoms with E-state index in [1.165, 1.54) is 0 Å². The molecule has 2 aliphatic heterocycles. The van der Waals surface area contributed by atoms with Crippen molar-refractivity contribution < 1.29 is 18.4 Å². The minimum atomic E-state index is -3.11. The molecule has 3 heterocycles. The molecule has 1 unspecified atom stereocenters. The van der Waals surface area contributed by atoms with Crippen LogP contribution in [0.5, 0.6) is 0 Å². The highest BCUT2D eigenvalue weighted by Gasteiger charge is 2.51. The second-order valence-electron chi connectivity index (χ2n) is 9.13. The molecular formula is C24H30BrCl2F2N5O2. The predicted octanol–water partition coefficient (Wildman–Crippen LogP) is 3.65. The summed E-state index contributed by atoms with van der Waals surface area (Å²) in [5, 5.41) is 5.86. The molecule has 198 valence electrons. The number of hydrogen-bond donors (Lipinski definition) is 3. The number of nitrogens with two attached hydrogens (primary N) is 1. The standard InChI is InChI=1S/C24H28BrF2N5O2.2ClH/c1-14-17(4-7-21(28)31-14)12-30-22(33)20-10-24(26,27)13-32(20)23(34)19-9-16(11-29-19)8-15-2-5-18(25)6-3-15;;/h2-7,16,19-20,29H,8-13H2,1H3,(H2,28,31)(H,30,33);2*1H/t16-,19+,20?;;/m1../s1. The van der Waals surface area contributed by atoms with E-state index in [1.54, 1.807) is 19.1 Å². The number of halogens is 5. The van der Waals surface area contributed by atoms with Gasteiger partial charge in [-0.3, -0.25) is 9.59 Å². The van der Waals surface area contributed by atoms with Crippen molar-refractivity contribution in [1.29, 1.82) is 0 Å². The minimum Gasteiger partial charge on any atom is -0.384 e. The summed E-state index contributed by atoms with van der Waals surface area (Å²) in [5.41, 5.74) is 8.19. The maximum atomic E-state index is 14.3. The first-order valence-corrected chi connectivity index (χ1v) is 12.1. The summed E-state index contributed by atoms with van der Waals surface area (Å²) in [4.78, 5) is 31.2. The van der Waals surface area contributed by atoms with Crippen LogP contribution in [0.4, 0.5) is 14.6 Å². The zero-order valence-corrected chi connectivity index (χ0v) is 22.9. The third-order valence-electron chi connectivity index (χ3n) is 6.48. The van der Waals surface area contributed by atoms with E-state index in [2.05, 4.69) is 31.5 Å². The van der Waals surface area contributed by atoms with Gasteiger partial charge in [-0.2, -0.15) is 0 Å². The molecule has 0 bridgehead atoms. The predicted molar refractivity (Wildman–Crippen MR) is 143 cm³/mol. The topological polar surface area (TPSA) is 100 Å². The zero-order valence-electron chi connectivity index (χ0n) is 19.7. The average molecular weight is 609 g/mol. The summed E-state index contributed by atoms with van der Waals surface area (Å²) in [5.74, 6) is -3.56. The van der Waals surface area contributed by atoms with Crippen molar-refractivity contribution in [3.05, 3.63) is 57.7 Å². The Morgan fingerprint density at radius 2 is 1.92 bits per heavy atom. The number of alkyl halides is 2. The van der Waals surface area contributed by atoms with E-state index < -0.39 is 42.8 Å². The molecule has 0 spiro atoms. The number of nitrogens with one attached hydrogen (secondary N) is 2. The number of amides is 2. The molecule has 2 fully saturated rings. The van der Waals surface area contributed by atoms with E-state index in [-0.39, 0.29) is 37.3 Å². The molecule has 0 aliphatic carbocycles. The molecule has 1 aromatic heterocycles. The van der Waals surface area contributed by atoms with Crippen LogP contribution >= 0.6 is 40.7 Å². The lowest BCUT2D eigenvalue weighted by Gasteiger charge is -2.26. The highest BCUT2D eigenvalue weighted by atomic mass is 79.9. The number of benzene rings is 1. The van der Waals surface area contributed by atoms with E-state index in [1.807, 2.05) is 24.3 Å². The fourth-order valence-electron chi connectivity index (χ4n) is 4.69. The number of rotatable bonds is 6. The number of pyridine rings is 1. The van der Waals surface area contributed by atoms with Crippen LogP contribution in [0.1, 0.15) is 29.7 Å². The van der Waals surface area contributed by atoms with Gasteiger partial charge in [0.1, 0.15) is 11.9 Å². The molecule has 1 aromatic carbocycles. The van der Waals surface area contributed by atoms with Crippen LogP contribution < -0.4 is 16.4 Å². The fourth-order valence-corrected chi connectivity index (χ4v) is 4.95. The molecule has 2 amide bonds. The van der Waals surface area contributed by atoms with Crippen molar-refractivity contribution in [2.24, 2.45) is 5.92 Å². The van der Waals surface area contributed by atoms with Gasteiger partial charge in [0.05, 0.1) is 12.6 Å². The van der Waals surface area contributed by atoms with Crippen molar-refractivity contribution in [3.8, 4) is 0 Å². The molecule has 2 saturated heterocycles. The summed E-state index contributed by atoms with van der Waals surface area (Å²) in [6.07, 6.45) is 0.652. The lowest BCUT2D eigenvalue weighted by atomic mass is 9.96. The van der Waals surface area contributed by atoms with Crippen molar-refractivity contribution in [3.63, 3.8) is 0 Å². The molecule has 3 atom stereocenters. The van der Waals surface area contributed by atoms with E-state index in [0.717, 1.165) is 26.9 Å². The number of anilines is 1. The maximum Gasteiger partial charge on any atom is 0.267 e. The summed E-state index contributed by atoms with van der Waals surface area (Å²) < 4.78 is 29.6. The molecule has 0 radical (unpaired) electrons. The molecule has 0 saturated carbocycles. The zero-order chi connectivity index (χ0) is 24.5. The van der Waals surface area contributed by atoms with Gasteiger partial charge in [-0.1, -0.05) is 34.1 Å². The molecule has 4 rings (SSSR count). The monoisotopic (exact) mass is 607 g/mol. The molecule has 36 heavy (non-hydrogen) atoms. The Hall–Kier alpha value is -2.01. The third kappa shape index (κ3) is 7.27. The number of carbonyl (C=O) groups excluding carboxylic acids is 2. The number of likely N-dealkylation sites (tertiary alicyclic amines) is 1. The van der Waals surface area contributed by atoms with E-state index >= 15 is 0 Å². The molecule has 7 nitrogen and oxygen atoms in total. The van der Waals surface area contributed by atoms with Gasteiger partial charge in [0, 0.05) is 23.1 Å². The number of nitrogens with zero attached hydrogens (tertiary/aromatic N) is 2. The number of carbonyl (C=O) groups is 2. The first-order chi connectivity index (χ1) is 16.1. The first-order valence-electron chi connectivity index (χ1n) is 11.3. The van der Waals surface area contributed by atoms with Crippen LogP contribution in [-0.2, 0) is 22.6 Å². The fraction of sp³-hybridized carbons (Fsp3) is 0.458. The molecule has 2 aliphatic rings. The van der Waals surface area contributed by atoms with Crippen LogP contribution in [0.15, 0.2) is 40.9 Å². The van der Waals surface area contributed by atoms with E-state index in [4.69, 9.17) is 5.73 Å². The van der Waals surface area contributed by atoms with Crippen LogP contribution in [0, 0.1) is 12.8 Å². The summed E-state index contributed by atoms with van der Waals surface area (Å²) >= 11 is 3.42. The van der Waals surface area contributed by atoms with Gasteiger partial charge in [0.25, 0.3) is 5.92 Å². The molecule has 2 aromatic rings. The quantitative estimate of drug-likeness (QED) is 0.465. The second-order valence-corrected chi connectivity index (χ2v) is 10.0. The first kappa shape index (κ1) is 30.2. The van der Waals surface area contributed by atoms with Crippen LogP contribution in [0.25, 0.3) is 0 Å². The Kier molecular flexibility index (Phi) is 10.5. The van der Waals surface area contributed by atoms with Crippen molar-refractivity contribution in [1.82, 2.24) is 20.5 Å². The Morgan fingerprint density at radius 1 is 1.22 bits per heavy atom. The Bertz CT molecular complexity index is 1080. The van der Waals surface area contributed by atoms with Crippen LogP contribution in [-0.4, -0.2) is 52.8 Å². The van der Waals surface area contributed by atoms with Gasteiger partial charge in [0.2, 0.25) is 11.8 Å². The highest BCUT2D eigenvalue weighted by Crippen LogP contribution is 2.34. The van der Waals surface area contributed by atoms with Crippen molar-refractivity contribution >= 4 is 58.4 Å². The van der Waals surface area contributed by atoms with Crippen molar-refractivity contribution in [2.45, 2.75) is 50.7 Å². The number of aryl methyl sites for hydroxylation is 1. The normalized spacial score (nSPS) is 22.4. The van der Waals surface area contributed by atoms with E-state index in [0.29, 0.717) is 24.5 Å². The van der Waals surface area contributed by atoms with Gasteiger partial charge < -0.3 is 21.3 Å².